The van der Waals surface area contributed by atoms with Crippen molar-refractivity contribution in [3.8, 4) is 0 Å². The van der Waals surface area contributed by atoms with Gasteiger partial charge in [-0.2, -0.15) is 0 Å². The Balaban J connectivity index is 1.35. The Labute approximate surface area is 156 Å². The molecule has 3 aromatic rings. The van der Waals surface area contributed by atoms with Crippen LogP contribution in [0.3, 0.4) is 0 Å². The number of nitrogens with one attached hydrogen (secondary N) is 1. The molecule has 0 bridgehead atoms. The second-order valence-corrected chi connectivity index (χ2v) is 7.87. The molecule has 5 heteroatoms. The number of rotatable bonds is 5. The van der Waals surface area contributed by atoms with Crippen LogP contribution in [0.5, 0.6) is 0 Å². The lowest BCUT2D eigenvalue weighted by Crippen LogP contribution is -2.31. The lowest BCUT2D eigenvalue weighted by molar-refractivity contribution is -0.122. The van der Waals surface area contributed by atoms with Gasteiger partial charge in [0.05, 0.1) is 16.1 Å². The number of nitrogens with zero attached hydrogens (tertiary/aromatic N) is 1. The van der Waals surface area contributed by atoms with Crippen LogP contribution in [0, 0.1) is 0 Å². The number of amides is 1. The summed E-state index contributed by atoms with van der Waals surface area (Å²) in [6, 6.07) is 16.2. The zero-order valence-corrected chi connectivity index (χ0v) is 15.4. The molecular formula is C21H22N2O2S. The summed E-state index contributed by atoms with van der Waals surface area (Å²) >= 11 is 1.47. The predicted molar refractivity (Wildman–Crippen MR) is 106 cm³/mol. The fourth-order valence-corrected chi connectivity index (χ4v) is 4.75. The second-order valence-electron chi connectivity index (χ2n) is 6.81. The summed E-state index contributed by atoms with van der Waals surface area (Å²) in [6.45, 7) is 0.590. The highest BCUT2D eigenvalue weighted by molar-refractivity contribution is 7.13. The molecule has 2 aromatic carbocycles. The molecule has 0 aliphatic heterocycles. The maximum absolute atomic E-state index is 12.4. The molecule has 134 valence electrons. The minimum Gasteiger partial charge on any atom is -0.349 e. The zero-order chi connectivity index (χ0) is 17.9. The first kappa shape index (κ1) is 17.0. The van der Waals surface area contributed by atoms with Gasteiger partial charge in [0.1, 0.15) is 0 Å². The largest absolute Gasteiger partial charge is 0.349 e. The number of carbonyl (C=O) groups excluding carboxylic acids is 1. The Morgan fingerprint density at radius 2 is 1.96 bits per heavy atom. The fourth-order valence-electron chi connectivity index (χ4n) is 3.72. The Hall–Kier alpha value is -2.40. The molecule has 1 aliphatic rings. The summed E-state index contributed by atoms with van der Waals surface area (Å²) in [7, 11) is 0. The van der Waals surface area contributed by atoms with Gasteiger partial charge >= 0.3 is 0 Å². The first-order chi connectivity index (χ1) is 12.7. The number of carbonyl (C=O) groups is 1. The Kier molecular flexibility index (Phi) is 4.89. The maximum Gasteiger partial charge on any atom is 0.268 e. The van der Waals surface area contributed by atoms with Gasteiger partial charge in [-0.25, -0.2) is 0 Å². The molecular weight excluding hydrogens is 344 g/mol. The molecule has 0 radical (unpaired) electrons. The normalized spacial score (nSPS) is 16.4. The highest BCUT2D eigenvalue weighted by Gasteiger charge is 2.21. The highest BCUT2D eigenvalue weighted by Crippen LogP contribution is 2.29. The Bertz CT molecular complexity index is 989. The van der Waals surface area contributed by atoms with E-state index in [1.54, 1.807) is 3.96 Å². The number of benzene rings is 2. The van der Waals surface area contributed by atoms with Crippen molar-refractivity contribution in [2.24, 2.45) is 0 Å². The van der Waals surface area contributed by atoms with E-state index in [1.807, 2.05) is 30.3 Å². The van der Waals surface area contributed by atoms with Crippen LogP contribution in [0.15, 0.2) is 53.3 Å². The third kappa shape index (κ3) is 3.44. The molecule has 0 saturated carbocycles. The van der Waals surface area contributed by atoms with E-state index in [0.29, 0.717) is 19.4 Å². The van der Waals surface area contributed by atoms with Crippen molar-refractivity contribution < 1.29 is 4.79 Å². The molecule has 1 aromatic heterocycles. The van der Waals surface area contributed by atoms with Crippen molar-refractivity contribution in [1.82, 2.24) is 9.27 Å². The minimum atomic E-state index is 0.0483. The molecule has 4 rings (SSSR count). The van der Waals surface area contributed by atoms with Crippen LogP contribution in [0.1, 0.15) is 42.9 Å². The van der Waals surface area contributed by atoms with Gasteiger partial charge in [0.2, 0.25) is 5.91 Å². The Morgan fingerprint density at radius 1 is 1.15 bits per heavy atom. The summed E-state index contributed by atoms with van der Waals surface area (Å²) < 4.78 is 2.76. The monoisotopic (exact) mass is 366 g/mol. The summed E-state index contributed by atoms with van der Waals surface area (Å²) in [5, 5.41) is 3.94. The number of aromatic nitrogens is 1. The van der Waals surface area contributed by atoms with E-state index in [1.165, 1.54) is 22.7 Å². The molecule has 1 N–H and O–H groups in total. The van der Waals surface area contributed by atoms with Gasteiger partial charge in [0.25, 0.3) is 5.56 Å². The lowest BCUT2D eigenvalue weighted by Gasteiger charge is -2.26. The first-order valence-corrected chi connectivity index (χ1v) is 9.96. The topological polar surface area (TPSA) is 51.1 Å². The van der Waals surface area contributed by atoms with Gasteiger partial charge in [-0.05, 0) is 48.9 Å². The van der Waals surface area contributed by atoms with Crippen molar-refractivity contribution in [3.05, 3.63) is 70.0 Å². The van der Waals surface area contributed by atoms with E-state index in [4.69, 9.17) is 0 Å². The molecule has 1 aliphatic carbocycles. The fraction of sp³-hybridized carbons (Fsp3) is 0.333. The van der Waals surface area contributed by atoms with Gasteiger partial charge in [-0.3, -0.25) is 13.5 Å². The molecule has 0 fully saturated rings. The van der Waals surface area contributed by atoms with E-state index >= 15 is 0 Å². The summed E-state index contributed by atoms with van der Waals surface area (Å²) in [4.78, 5) is 24.7. The van der Waals surface area contributed by atoms with Gasteiger partial charge in [-0.15, -0.1) is 0 Å². The van der Waals surface area contributed by atoms with Crippen molar-refractivity contribution in [3.63, 3.8) is 0 Å². The van der Waals surface area contributed by atoms with Gasteiger partial charge < -0.3 is 5.32 Å². The van der Waals surface area contributed by atoms with Gasteiger partial charge in [0.15, 0.2) is 0 Å². The van der Waals surface area contributed by atoms with E-state index in [2.05, 4.69) is 23.5 Å². The predicted octanol–water partition coefficient (Wildman–Crippen LogP) is 4.04. The SMILES string of the molecule is O=C(CCCn1sc2ccccc2c1=O)N[C@H]1CCCc2ccccc21. The van der Waals surface area contributed by atoms with Crippen LogP contribution >= 0.6 is 11.5 Å². The molecule has 26 heavy (non-hydrogen) atoms. The van der Waals surface area contributed by atoms with Crippen LogP contribution in [-0.4, -0.2) is 9.86 Å². The summed E-state index contributed by atoms with van der Waals surface area (Å²) in [6.07, 6.45) is 4.32. The Morgan fingerprint density at radius 3 is 2.85 bits per heavy atom. The second kappa shape index (κ2) is 7.46. The molecule has 1 atom stereocenters. The molecule has 0 saturated heterocycles. The summed E-state index contributed by atoms with van der Waals surface area (Å²) in [5.41, 5.74) is 2.65. The maximum atomic E-state index is 12.4. The van der Waals surface area contributed by atoms with Crippen molar-refractivity contribution in [2.45, 2.75) is 44.7 Å². The van der Waals surface area contributed by atoms with Crippen molar-refractivity contribution in [1.29, 1.82) is 0 Å². The van der Waals surface area contributed by atoms with Crippen LogP contribution in [0.25, 0.3) is 10.1 Å². The summed E-state index contributed by atoms with van der Waals surface area (Å²) in [5.74, 6) is 0.0702. The van der Waals surface area contributed by atoms with Gasteiger partial charge in [0, 0.05) is 13.0 Å². The number of aryl methyl sites for hydroxylation is 2. The molecule has 4 nitrogen and oxygen atoms in total. The third-order valence-electron chi connectivity index (χ3n) is 5.02. The third-order valence-corrected chi connectivity index (χ3v) is 6.14. The van der Waals surface area contributed by atoms with Crippen molar-refractivity contribution >= 4 is 27.5 Å². The van der Waals surface area contributed by atoms with Crippen LogP contribution in [0.2, 0.25) is 0 Å². The number of hydrogen-bond acceptors (Lipinski definition) is 3. The standard InChI is InChI=1S/C21H22N2O2S/c24-20(22-18-11-5-8-15-7-1-2-9-16(15)18)13-6-14-23-21(25)17-10-3-4-12-19(17)26-23/h1-4,7,9-10,12,18H,5-6,8,11,13-14H2,(H,22,24)/t18-/m0/s1. The first-order valence-electron chi connectivity index (χ1n) is 9.18. The molecule has 0 unspecified atom stereocenters. The van der Waals surface area contributed by atoms with Gasteiger partial charge in [-0.1, -0.05) is 47.9 Å². The van der Waals surface area contributed by atoms with E-state index < -0.39 is 0 Å². The molecule has 0 spiro atoms. The average Bonchev–Trinajstić information content (AvgIpc) is 2.98. The quantitative estimate of drug-likeness (QED) is 0.741. The molecule has 1 heterocycles. The van der Waals surface area contributed by atoms with Crippen molar-refractivity contribution in [2.75, 3.05) is 0 Å². The van der Waals surface area contributed by atoms with E-state index in [0.717, 1.165) is 29.3 Å². The van der Waals surface area contributed by atoms with E-state index in [-0.39, 0.29) is 17.5 Å². The van der Waals surface area contributed by atoms with Crippen LogP contribution in [-0.2, 0) is 17.8 Å². The van der Waals surface area contributed by atoms with E-state index in [9.17, 15) is 9.59 Å². The highest BCUT2D eigenvalue weighted by atomic mass is 32.1. The van der Waals surface area contributed by atoms with Crippen LogP contribution in [0.4, 0.5) is 0 Å². The minimum absolute atomic E-state index is 0.0483. The lowest BCUT2D eigenvalue weighted by atomic mass is 9.87. The van der Waals surface area contributed by atoms with Crippen LogP contribution < -0.4 is 10.9 Å². The molecule has 1 amide bonds. The average molecular weight is 366 g/mol. The number of fused-ring (bicyclic) bond motifs is 2. The smallest absolute Gasteiger partial charge is 0.268 e. The zero-order valence-electron chi connectivity index (χ0n) is 14.6. The number of hydrogen-bond donors (Lipinski definition) is 1.